The number of aromatic carboxylic acids is 1. The zero-order valence-electron chi connectivity index (χ0n) is 11.2. The van der Waals surface area contributed by atoms with Crippen LogP contribution in [-0.2, 0) is 0 Å². The summed E-state index contributed by atoms with van der Waals surface area (Å²) in [6.07, 6.45) is 4.53. The number of nitrogens with zero attached hydrogens (tertiary/aromatic N) is 1. The van der Waals surface area contributed by atoms with Gasteiger partial charge in [-0.2, -0.15) is 0 Å². The van der Waals surface area contributed by atoms with Crippen molar-refractivity contribution in [1.29, 1.82) is 0 Å². The smallest absolute Gasteiger partial charge is 0.340 e. The van der Waals surface area contributed by atoms with E-state index in [1.807, 2.05) is 4.90 Å². The van der Waals surface area contributed by atoms with Crippen LogP contribution in [0.3, 0.4) is 0 Å². The molecule has 4 heteroatoms. The standard InChI is InChI=1S/C15H20FNO2/c1-2-4-11-7-9-17(10-8-11)13-6-3-5-12(16)14(13)15(18)19/h3,5-6,11H,2,4,7-10H2,1H3,(H,18,19). The number of benzene rings is 1. The van der Waals surface area contributed by atoms with Gasteiger partial charge in [-0.1, -0.05) is 25.8 Å². The Bertz CT molecular complexity index is 453. The van der Waals surface area contributed by atoms with Crippen LogP contribution >= 0.6 is 0 Å². The molecule has 1 fully saturated rings. The lowest BCUT2D eigenvalue weighted by atomic mass is 9.92. The van der Waals surface area contributed by atoms with Gasteiger partial charge in [-0.05, 0) is 30.9 Å². The molecule has 0 radical (unpaired) electrons. The molecule has 104 valence electrons. The molecular weight excluding hydrogens is 245 g/mol. The summed E-state index contributed by atoms with van der Waals surface area (Å²) in [4.78, 5) is 13.2. The maximum atomic E-state index is 13.6. The van der Waals surface area contributed by atoms with Crippen molar-refractivity contribution < 1.29 is 14.3 Å². The number of carboxylic acids is 1. The van der Waals surface area contributed by atoms with E-state index in [1.165, 1.54) is 18.9 Å². The lowest BCUT2D eigenvalue weighted by Gasteiger charge is -2.34. The number of piperidine rings is 1. The van der Waals surface area contributed by atoms with Gasteiger partial charge in [-0.3, -0.25) is 0 Å². The Morgan fingerprint density at radius 3 is 2.68 bits per heavy atom. The average Bonchev–Trinajstić information content (AvgIpc) is 2.39. The molecule has 1 saturated heterocycles. The third-order valence-electron chi connectivity index (χ3n) is 3.86. The monoisotopic (exact) mass is 265 g/mol. The number of carbonyl (C=O) groups is 1. The van der Waals surface area contributed by atoms with Crippen LogP contribution in [0.5, 0.6) is 0 Å². The van der Waals surface area contributed by atoms with Gasteiger partial charge in [0.05, 0.1) is 5.69 Å². The first-order chi connectivity index (χ1) is 9.13. The fraction of sp³-hybridized carbons (Fsp3) is 0.533. The van der Waals surface area contributed by atoms with E-state index in [2.05, 4.69) is 6.92 Å². The second-order valence-electron chi connectivity index (χ2n) is 5.16. The van der Waals surface area contributed by atoms with Crippen LogP contribution in [0.4, 0.5) is 10.1 Å². The molecule has 0 aromatic heterocycles. The van der Waals surface area contributed by atoms with Gasteiger partial charge in [-0.15, -0.1) is 0 Å². The number of rotatable bonds is 4. The van der Waals surface area contributed by atoms with Gasteiger partial charge in [0.1, 0.15) is 11.4 Å². The highest BCUT2D eigenvalue weighted by molar-refractivity contribution is 5.94. The van der Waals surface area contributed by atoms with Crippen molar-refractivity contribution in [3.63, 3.8) is 0 Å². The van der Waals surface area contributed by atoms with Crippen LogP contribution in [-0.4, -0.2) is 24.2 Å². The maximum absolute atomic E-state index is 13.6. The molecule has 0 saturated carbocycles. The quantitative estimate of drug-likeness (QED) is 0.905. The molecule has 1 aliphatic rings. The first-order valence-corrected chi connectivity index (χ1v) is 6.90. The van der Waals surface area contributed by atoms with Crippen LogP contribution in [0.15, 0.2) is 18.2 Å². The zero-order chi connectivity index (χ0) is 13.8. The van der Waals surface area contributed by atoms with Gasteiger partial charge < -0.3 is 10.0 Å². The number of anilines is 1. The molecule has 0 bridgehead atoms. The Labute approximate surface area is 113 Å². The molecular formula is C15H20FNO2. The Morgan fingerprint density at radius 2 is 2.11 bits per heavy atom. The van der Waals surface area contributed by atoms with E-state index in [0.717, 1.165) is 31.8 Å². The first kappa shape index (κ1) is 13.8. The van der Waals surface area contributed by atoms with E-state index in [1.54, 1.807) is 12.1 Å². The summed E-state index contributed by atoms with van der Waals surface area (Å²) >= 11 is 0. The topological polar surface area (TPSA) is 40.5 Å². The van der Waals surface area contributed by atoms with Gasteiger partial charge in [0.25, 0.3) is 0 Å². The Balaban J connectivity index is 2.15. The second kappa shape index (κ2) is 6.04. The predicted molar refractivity (Wildman–Crippen MR) is 73.2 cm³/mol. The summed E-state index contributed by atoms with van der Waals surface area (Å²) in [5.41, 5.74) is 0.318. The van der Waals surface area contributed by atoms with Crippen molar-refractivity contribution in [1.82, 2.24) is 0 Å². The molecule has 1 heterocycles. The molecule has 1 aromatic rings. The van der Waals surface area contributed by atoms with E-state index in [-0.39, 0.29) is 5.56 Å². The van der Waals surface area contributed by atoms with Crippen LogP contribution in [0.1, 0.15) is 43.0 Å². The van der Waals surface area contributed by atoms with Gasteiger partial charge in [-0.25, -0.2) is 9.18 Å². The highest BCUT2D eigenvalue weighted by Crippen LogP contribution is 2.29. The Kier molecular flexibility index (Phi) is 4.40. The minimum Gasteiger partial charge on any atom is -0.478 e. The summed E-state index contributed by atoms with van der Waals surface area (Å²) < 4.78 is 13.6. The highest BCUT2D eigenvalue weighted by Gasteiger charge is 2.24. The van der Waals surface area contributed by atoms with Crippen LogP contribution in [0, 0.1) is 11.7 Å². The lowest BCUT2D eigenvalue weighted by Crippen LogP contribution is -2.34. The van der Waals surface area contributed by atoms with Gasteiger partial charge >= 0.3 is 5.97 Å². The van der Waals surface area contributed by atoms with Crippen LogP contribution < -0.4 is 4.90 Å². The molecule has 3 nitrogen and oxygen atoms in total. The minimum absolute atomic E-state index is 0.198. The SMILES string of the molecule is CCCC1CCN(c2cccc(F)c2C(=O)O)CC1. The summed E-state index contributed by atoms with van der Waals surface area (Å²) in [6.45, 7) is 3.81. The third-order valence-corrected chi connectivity index (χ3v) is 3.86. The number of hydrogen-bond acceptors (Lipinski definition) is 2. The lowest BCUT2D eigenvalue weighted by molar-refractivity contribution is 0.0692. The van der Waals surface area contributed by atoms with Crippen molar-refractivity contribution in [2.75, 3.05) is 18.0 Å². The van der Waals surface area contributed by atoms with E-state index in [0.29, 0.717) is 5.69 Å². The fourth-order valence-electron chi connectivity index (χ4n) is 2.86. The fourth-order valence-corrected chi connectivity index (χ4v) is 2.86. The molecule has 2 rings (SSSR count). The molecule has 0 amide bonds. The molecule has 0 spiro atoms. The van der Waals surface area contributed by atoms with Crippen LogP contribution in [0.25, 0.3) is 0 Å². The van der Waals surface area contributed by atoms with Crippen molar-refractivity contribution in [3.05, 3.63) is 29.6 Å². The highest BCUT2D eigenvalue weighted by atomic mass is 19.1. The molecule has 0 unspecified atom stereocenters. The van der Waals surface area contributed by atoms with E-state index in [4.69, 9.17) is 5.11 Å². The normalized spacial score (nSPS) is 16.6. The molecule has 1 N–H and O–H groups in total. The van der Waals surface area contributed by atoms with E-state index >= 15 is 0 Å². The Morgan fingerprint density at radius 1 is 1.42 bits per heavy atom. The molecule has 19 heavy (non-hydrogen) atoms. The van der Waals surface area contributed by atoms with Gasteiger partial charge in [0.2, 0.25) is 0 Å². The van der Waals surface area contributed by atoms with E-state index < -0.39 is 11.8 Å². The van der Waals surface area contributed by atoms with Crippen molar-refractivity contribution in [2.24, 2.45) is 5.92 Å². The molecule has 1 aliphatic heterocycles. The second-order valence-corrected chi connectivity index (χ2v) is 5.16. The summed E-state index contributed by atoms with van der Waals surface area (Å²) in [5.74, 6) is -1.12. The number of halogens is 1. The molecule has 0 aliphatic carbocycles. The summed E-state index contributed by atoms with van der Waals surface area (Å²) in [5, 5.41) is 9.15. The summed E-state index contributed by atoms with van der Waals surface area (Å²) in [6, 6.07) is 4.48. The van der Waals surface area contributed by atoms with Crippen molar-refractivity contribution >= 4 is 11.7 Å². The zero-order valence-corrected chi connectivity index (χ0v) is 11.2. The Hall–Kier alpha value is -1.58. The van der Waals surface area contributed by atoms with Gasteiger partial charge in [0, 0.05) is 13.1 Å². The van der Waals surface area contributed by atoms with Gasteiger partial charge in [0.15, 0.2) is 0 Å². The first-order valence-electron chi connectivity index (χ1n) is 6.90. The minimum atomic E-state index is -1.19. The average molecular weight is 265 g/mol. The molecule has 0 atom stereocenters. The number of carboxylic acid groups (broad SMARTS) is 1. The number of hydrogen-bond donors (Lipinski definition) is 1. The third kappa shape index (κ3) is 3.06. The van der Waals surface area contributed by atoms with E-state index in [9.17, 15) is 9.18 Å². The maximum Gasteiger partial charge on any atom is 0.340 e. The predicted octanol–water partition coefficient (Wildman–Crippen LogP) is 3.54. The van der Waals surface area contributed by atoms with Crippen LogP contribution in [0.2, 0.25) is 0 Å². The van der Waals surface area contributed by atoms with Crippen molar-refractivity contribution in [2.45, 2.75) is 32.6 Å². The largest absolute Gasteiger partial charge is 0.478 e. The summed E-state index contributed by atoms with van der Waals surface area (Å²) in [7, 11) is 0. The van der Waals surface area contributed by atoms with Crippen molar-refractivity contribution in [3.8, 4) is 0 Å². The molecule has 1 aromatic carbocycles.